The molecule has 5 rings (SSSR count). The van der Waals surface area contributed by atoms with Crippen LogP contribution in [-0.4, -0.2) is 15.5 Å². The molecule has 0 N–H and O–H groups in total. The Morgan fingerprint density at radius 3 is 2.71 bits per heavy atom. The smallest absolute Gasteiger partial charge is 0.316 e. The molecule has 5 nitrogen and oxygen atoms in total. The summed E-state index contributed by atoms with van der Waals surface area (Å²) in [6.45, 7) is 6.53. The Bertz CT molecular complexity index is 1220. The van der Waals surface area contributed by atoms with E-state index < -0.39 is 5.41 Å². The number of rotatable bonds is 2. The third-order valence-corrected chi connectivity index (χ3v) is 6.52. The lowest BCUT2D eigenvalue weighted by Crippen LogP contribution is -2.42. The molecule has 28 heavy (non-hydrogen) atoms. The van der Waals surface area contributed by atoms with Crippen LogP contribution in [0.15, 0.2) is 35.1 Å². The van der Waals surface area contributed by atoms with E-state index in [0.717, 1.165) is 39.8 Å². The van der Waals surface area contributed by atoms with E-state index in [1.54, 1.807) is 4.57 Å². The van der Waals surface area contributed by atoms with Gasteiger partial charge in [0.15, 0.2) is 0 Å². The van der Waals surface area contributed by atoms with E-state index in [0.29, 0.717) is 18.5 Å². The van der Waals surface area contributed by atoms with E-state index in [1.807, 2.05) is 38.1 Å². The average molecular weight is 374 g/mol. The third kappa shape index (κ3) is 2.04. The van der Waals surface area contributed by atoms with Crippen molar-refractivity contribution in [2.75, 3.05) is 0 Å². The molecule has 5 heteroatoms. The van der Waals surface area contributed by atoms with Crippen molar-refractivity contribution in [3.8, 4) is 11.4 Å². The fourth-order valence-electron chi connectivity index (χ4n) is 4.68. The molecule has 142 valence electrons. The number of carbonyl (C=O) groups is 1. The highest BCUT2D eigenvalue weighted by Crippen LogP contribution is 2.40. The largest absolute Gasteiger partial charge is 0.460 e. The predicted molar refractivity (Wildman–Crippen MR) is 107 cm³/mol. The van der Waals surface area contributed by atoms with Crippen molar-refractivity contribution in [3.05, 3.63) is 62.9 Å². The van der Waals surface area contributed by atoms with E-state index in [4.69, 9.17) is 9.72 Å². The highest BCUT2D eigenvalue weighted by atomic mass is 16.5. The maximum absolute atomic E-state index is 13.3. The van der Waals surface area contributed by atoms with Gasteiger partial charge in [0.25, 0.3) is 5.56 Å². The van der Waals surface area contributed by atoms with Crippen LogP contribution in [-0.2, 0) is 34.5 Å². The summed E-state index contributed by atoms with van der Waals surface area (Å²) in [4.78, 5) is 30.7. The van der Waals surface area contributed by atoms with Crippen LogP contribution >= 0.6 is 0 Å². The van der Waals surface area contributed by atoms with Gasteiger partial charge in [0, 0.05) is 10.9 Å². The van der Waals surface area contributed by atoms with Gasteiger partial charge in [-0.15, -0.1) is 0 Å². The van der Waals surface area contributed by atoms with Crippen LogP contribution in [0, 0.1) is 0 Å². The minimum atomic E-state index is -0.796. The minimum absolute atomic E-state index is 0.0508. The van der Waals surface area contributed by atoms with E-state index >= 15 is 0 Å². The molecule has 3 aromatic rings. The fraction of sp³-hybridized carbons (Fsp3) is 0.348. The third-order valence-electron chi connectivity index (χ3n) is 6.52. The number of ether oxygens (including phenoxy) is 1. The van der Waals surface area contributed by atoms with Gasteiger partial charge in [-0.2, -0.15) is 0 Å². The van der Waals surface area contributed by atoms with Crippen molar-refractivity contribution in [3.63, 3.8) is 0 Å². The van der Waals surface area contributed by atoms with Crippen LogP contribution in [0.2, 0.25) is 0 Å². The topological polar surface area (TPSA) is 61.2 Å². The molecule has 0 radical (unpaired) electrons. The number of pyridine rings is 2. The van der Waals surface area contributed by atoms with E-state index in [1.165, 1.54) is 5.56 Å². The number of hydrogen-bond donors (Lipinski definition) is 0. The van der Waals surface area contributed by atoms with Gasteiger partial charge in [0.1, 0.15) is 6.61 Å². The Kier molecular flexibility index (Phi) is 3.54. The van der Waals surface area contributed by atoms with Crippen LogP contribution in [0.4, 0.5) is 0 Å². The predicted octanol–water partition coefficient (Wildman–Crippen LogP) is 3.71. The lowest BCUT2D eigenvalue weighted by molar-refractivity contribution is -0.153. The van der Waals surface area contributed by atoms with Gasteiger partial charge < -0.3 is 9.30 Å². The summed E-state index contributed by atoms with van der Waals surface area (Å²) < 4.78 is 7.16. The molecule has 1 aromatic carbocycles. The van der Waals surface area contributed by atoms with Crippen molar-refractivity contribution >= 4 is 16.9 Å². The van der Waals surface area contributed by atoms with Gasteiger partial charge >= 0.3 is 5.97 Å². The van der Waals surface area contributed by atoms with Gasteiger partial charge in [-0.1, -0.05) is 32.0 Å². The number of aryl methyl sites for hydroxylation is 1. The zero-order valence-corrected chi connectivity index (χ0v) is 16.3. The Morgan fingerprint density at radius 2 is 1.96 bits per heavy atom. The number of benzene rings is 1. The maximum Gasteiger partial charge on any atom is 0.316 e. The van der Waals surface area contributed by atoms with Gasteiger partial charge in [0.05, 0.1) is 34.4 Å². The lowest BCUT2D eigenvalue weighted by Gasteiger charge is -2.33. The highest BCUT2D eigenvalue weighted by molar-refractivity contribution is 5.89. The van der Waals surface area contributed by atoms with Crippen LogP contribution < -0.4 is 5.56 Å². The van der Waals surface area contributed by atoms with E-state index in [9.17, 15) is 9.59 Å². The lowest BCUT2D eigenvalue weighted by atomic mass is 9.76. The van der Waals surface area contributed by atoms with E-state index in [-0.39, 0.29) is 18.1 Å². The number of hydrogen-bond acceptors (Lipinski definition) is 4. The number of aromatic nitrogens is 2. The molecule has 0 aliphatic carbocycles. The molecular formula is C23H22N2O3. The molecule has 0 saturated heterocycles. The van der Waals surface area contributed by atoms with Crippen molar-refractivity contribution < 1.29 is 9.53 Å². The summed E-state index contributed by atoms with van der Waals surface area (Å²) in [6.07, 6.45) is 1.46. The van der Waals surface area contributed by atoms with Crippen LogP contribution in [0.1, 0.15) is 49.4 Å². The SMILES string of the molecule is CCc1c2c(nc3ccccc13)-c1cc3c(c(=O)n1C2)COC(=O)C3(C)CC. The summed E-state index contributed by atoms with van der Waals surface area (Å²) in [5.41, 5.74) is 5.51. The molecule has 0 bridgehead atoms. The van der Waals surface area contributed by atoms with Crippen molar-refractivity contribution in [1.29, 1.82) is 0 Å². The van der Waals surface area contributed by atoms with Crippen LogP contribution in [0.3, 0.4) is 0 Å². The molecule has 2 aliphatic rings. The number of cyclic esters (lactones) is 1. The monoisotopic (exact) mass is 374 g/mol. The molecule has 0 amide bonds. The second-order valence-electron chi connectivity index (χ2n) is 7.86. The number of carbonyl (C=O) groups excluding carboxylic acids is 1. The van der Waals surface area contributed by atoms with Gasteiger partial charge in [-0.3, -0.25) is 9.59 Å². The summed E-state index contributed by atoms with van der Waals surface area (Å²) in [6, 6.07) is 10.1. The summed E-state index contributed by atoms with van der Waals surface area (Å²) in [5.74, 6) is -0.259. The van der Waals surface area contributed by atoms with Crippen molar-refractivity contribution in [2.24, 2.45) is 0 Å². The summed E-state index contributed by atoms with van der Waals surface area (Å²) in [7, 11) is 0. The first kappa shape index (κ1) is 17.2. The zero-order valence-electron chi connectivity index (χ0n) is 16.3. The molecule has 2 aromatic heterocycles. The standard InChI is InChI=1S/C23H22N2O3/c1-4-13-14-8-6-7-9-18(14)24-20-15(13)11-25-19(20)10-17-16(21(25)26)12-28-22(27)23(17,3)5-2/h6-10H,4-5,11-12H2,1-3H3. The average Bonchev–Trinajstić information content (AvgIpc) is 3.08. The molecule has 0 fully saturated rings. The minimum Gasteiger partial charge on any atom is -0.460 e. The number of para-hydroxylation sites is 1. The Labute approximate surface area is 163 Å². The van der Waals surface area contributed by atoms with Crippen molar-refractivity contribution in [1.82, 2.24) is 9.55 Å². The molecular weight excluding hydrogens is 352 g/mol. The Balaban J connectivity index is 1.84. The molecule has 4 heterocycles. The number of nitrogens with zero attached hydrogens (tertiary/aromatic N) is 2. The first-order chi connectivity index (χ1) is 13.5. The first-order valence-electron chi connectivity index (χ1n) is 9.84. The molecule has 0 spiro atoms. The van der Waals surface area contributed by atoms with Crippen LogP contribution in [0.5, 0.6) is 0 Å². The Morgan fingerprint density at radius 1 is 1.18 bits per heavy atom. The fourth-order valence-corrected chi connectivity index (χ4v) is 4.68. The quantitative estimate of drug-likeness (QED) is 0.502. The molecule has 1 unspecified atom stereocenters. The normalized spacial score (nSPS) is 19.9. The number of esters is 1. The van der Waals surface area contributed by atoms with Gasteiger partial charge in [0.2, 0.25) is 0 Å². The Hall–Kier alpha value is -2.95. The first-order valence-corrected chi connectivity index (χ1v) is 9.84. The molecule has 1 atom stereocenters. The van der Waals surface area contributed by atoms with Crippen molar-refractivity contribution in [2.45, 2.75) is 52.2 Å². The van der Waals surface area contributed by atoms with E-state index in [2.05, 4.69) is 13.0 Å². The number of fused-ring (bicyclic) bond motifs is 5. The second-order valence-corrected chi connectivity index (χ2v) is 7.86. The van der Waals surface area contributed by atoms with Gasteiger partial charge in [-0.25, -0.2) is 4.98 Å². The molecule has 2 aliphatic heterocycles. The second kappa shape index (κ2) is 5.77. The zero-order chi connectivity index (χ0) is 19.6. The van der Waals surface area contributed by atoms with Crippen LogP contribution in [0.25, 0.3) is 22.3 Å². The molecule has 0 saturated carbocycles. The van der Waals surface area contributed by atoms with Gasteiger partial charge in [-0.05, 0) is 43.0 Å². The summed E-state index contributed by atoms with van der Waals surface area (Å²) in [5, 5.41) is 1.14. The maximum atomic E-state index is 13.3. The summed E-state index contributed by atoms with van der Waals surface area (Å²) >= 11 is 0. The highest BCUT2D eigenvalue weighted by Gasteiger charge is 2.43.